The van der Waals surface area contributed by atoms with Crippen molar-refractivity contribution >= 4 is 7.85 Å². The van der Waals surface area contributed by atoms with Gasteiger partial charge in [-0.05, 0) is 12.3 Å². The molecule has 1 nitrogen and oxygen atoms in total. The van der Waals surface area contributed by atoms with E-state index in [2.05, 4.69) is 26.2 Å². The monoisotopic (exact) mass is 109 g/mol. The number of rotatable bonds is 2. The molecule has 8 heavy (non-hydrogen) atoms. The molecule has 1 N–H and O–H groups in total. The first-order chi connectivity index (χ1) is 3.77. The van der Waals surface area contributed by atoms with Gasteiger partial charge in [0, 0.05) is 7.05 Å². The number of hydrogen-bond donors (Lipinski definition) is 1. The van der Waals surface area contributed by atoms with Crippen LogP contribution in [0.15, 0.2) is 23.8 Å². The van der Waals surface area contributed by atoms with E-state index in [-0.39, 0.29) is 0 Å². The van der Waals surface area contributed by atoms with Crippen molar-refractivity contribution in [3.8, 4) is 0 Å². The predicted molar refractivity (Wildman–Crippen MR) is 40.5 cm³/mol. The highest BCUT2D eigenvalue weighted by molar-refractivity contribution is 6.21. The van der Waals surface area contributed by atoms with Gasteiger partial charge in [0.2, 0.25) is 0 Å². The summed E-state index contributed by atoms with van der Waals surface area (Å²) in [4.78, 5) is 0. The first kappa shape index (κ1) is 7.34. The predicted octanol–water partition coefficient (Wildman–Crippen LogP) is 0.256. The molecular formula is C6H12BN. The molecule has 0 saturated heterocycles. The Morgan fingerprint density at radius 1 is 1.62 bits per heavy atom. The number of nitrogens with one attached hydrogen (secondary N) is 1. The third-order valence-electron chi connectivity index (χ3n) is 0.692. The average Bonchev–Trinajstić information content (AvgIpc) is 1.66. The van der Waals surface area contributed by atoms with Crippen LogP contribution in [0.4, 0.5) is 0 Å². The molecule has 0 atom stereocenters. The van der Waals surface area contributed by atoms with Crippen LogP contribution in [0.25, 0.3) is 0 Å². The molecule has 0 fully saturated rings. The van der Waals surface area contributed by atoms with Gasteiger partial charge in [0.1, 0.15) is 7.85 Å². The molecule has 0 aromatic rings. The van der Waals surface area contributed by atoms with E-state index in [9.17, 15) is 0 Å². The molecule has 0 aromatic carbocycles. The van der Waals surface area contributed by atoms with E-state index in [0.717, 1.165) is 0 Å². The van der Waals surface area contributed by atoms with Crippen molar-refractivity contribution in [3.05, 3.63) is 23.8 Å². The average molecular weight is 109 g/mol. The molecule has 0 heterocycles. The van der Waals surface area contributed by atoms with Crippen molar-refractivity contribution in [1.82, 2.24) is 5.32 Å². The summed E-state index contributed by atoms with van der Waals surface area (Å²) in [6.07, 6.45) is 5.93. The van der Waals surface area contributed by atoms with Gasteiger partial charge in [0.05, 0.1) is 0 Å². The van der Waals surface area contributed by atoms with Crippen molar-refractivity contribution in [2.45, 2.75) is 6.92 Å². The van der Waals surface area contributed by atoms with Crippen LogP contribution in [0.1, 0.15) is 6.92 Å². The summed E-state index contributed by atoms with van der Waals surface area (Å²) in [5.74, 6) is 0. The van der Waals surface area contributed by atoms with E-state index in [1.807, 2.05) is 19.3 Å². The lowest BCUT2D eigenvalue weighted by molar-refractivity contribution is 1.10. The largest absolute Gasteiger partial charge is 0.394 e. The SMILES string of the molecule is B/C(C)=C\C=C/NC. The lowest BCUT2D eigenvalue weighted by atomic mass is 9.98. The van der Waals surface area contributed by atoms with E-state index < -0.39 is 0 Å². The molecular weight excluding hydrogens is 96.9 g/mol. The van der Waals surface area contributed by atoms with E-state index >= 15 is 0 Å². The fraction of sp³-hybridized carbons (Fsp3) is 0.333. The van der Waals surface area contributed by atoms with Gasteiger partial charge in [0.25, 0.3) is 0 Å². The van der Waals surface area contributed by atoms with E-state index in [0.29, 0.717) is 0 Å². The highest BCUT2D eigenvalue weighted by atomic mass is 14.8. The molecule has 0 bridgehead atoms. The summed E-state index contributed by atoms with van der Waals surface area (Å²) in [5.41, 5.74) is 1.32. The maximum Gasteiger partial charge on any atom is 0.133 e. The summed E-state index contributed by atoms with van der Waals surface area (Å²) in [6, 6.07) is 0. The smallest absolute Gasteiger partial charge is 0.133 e. The van der Waals surface area contributed by atoms with Crippen molar-refractivity contribution in [3.63, 3.8) is 0 Å². The van der Waals surface area contributed by atoms with Crippen LogP contribution in [0.5, 0.6) is 0 Å². The molecule has 0 amide bonds. The van der Waals surface area contributed by atoms with E-state index in [4.69, 9.17) is 0 Å². The van der Waals surface area contributed by atoms with Crippen LogP contribution in [-0.4, -0.2) is 14.9 Å². The van der Waals surface area contributed by atoms with Gasteiger partial charge in [-0.1, -0.05) is 13.0 Å². The maximum absolute atomic E-state index is 2.90. The number of allylic oxidation sites excluding steroid dienone is 3. The molecule has 0 aliphatic carbocycles. The van der Waals surface area contributed by atoms with Crippen molar-refractivity contribution in [1.29, 1.82) is 0 Å². The molecule has 0 aliphatic rings. The highest BCUT2D eigenvalue weighted by Crippen LogP contribution is 1.81. The minimum Gasteiger partial charge on any atom is -0.394 e. The summed E-state index contributed by atoms with van der Waals surface area (Å²) in [7, 11) is 3.95. The van der Waals surface area contributed by atoms with Gasteiger partial charge in [-0.3, -0.25) is 0 Å². The zero-order chi connectivity index (χ0) is 6.41. The summed E-state index contributed by atoms with van der Waals surface area (Å²) in [6.45, 7) is 2.07. The van der Waals surface area contributed by atoms with Gasteiger partial charge in [-0.25, -0.2) is 0 Å². The highest BCUT2D eigenvalue weighted by Gasteiger charge is 1.67. The molecule has 2 heteroatoms. The first-order valence-corrected chi connectivity index (χ1v) is 2.74. The molecule has 0 rings (SSSR count). The topological polar surface area (TPSA) is 12.0 Å². The Labute approximate surface area is 51.9 Å². The van der Waals surface area contributed by atoms with Crippen molar-refractivity contribution < 1.29 is 0 Å². The van der Waals surface area contributed by atoms with E-state index in [1.165, 1.54) is 5.47 Å². The quantitative estimate of drug-likeness (QED) is 0.396. The fourth-order valence-electron chi connectivity index (χ4n) is 0.337. The molecule has 0 aliphatic heterocycles. The Hall–Kier alpha value is -0.655. The first-order valence-electron chi connectivity index (χ1n) is 2.74. The Kier molecular flexibility index (Phi) is 4.13. The molecule has 0 saturated carbocycles. The van der Waals surface area contributed by atoms with Gasteiger partial charge in [-0.15, -0.1) is 5.47 Å². The lowest BCUT2D eigenvalue weighted by Gasteiger charge is -1.82. The van der Waals surface area contributed by atoms with Crippen molar-refractivity contribution in [2.24, 2.45) is 0 Å². The third-order valence-corrected chi connectivity index (χ3v) is 0.692. The van der Waals surface area contributed by atoms with Gasteiger partial charge < -0.3 is 5.32 Å². The lowest BCUT2D eigenvalue weighted by Crippen LogP contribution is -1.89. The maximum atomic E-state index is 2.90. The minimum absolute atomic E-state index is 1.32. The van der Waals surface area contributed by atoms with Crippen LogP contribution in [0, 0.1) is 0 Å². The third kappa shape index (κ3) is 5.34. The van der Waals surface area contributed by atoms with Gasteiger partial charge >= 0.3 is 0 Å². The zero-order valence-corrected chi connectivity index (χ0v) is 5.73. The van der Waals surface area contributed by atoms with Crippen LogP contribution in [0.2, 0.25) is 0 Å². The normalized spacial score (nSPS) is 12.5. The Balaban J connectivity index is 3.42. The standard InChI is InChI=1S/C6H12BN/c1-6(7)4-3-5-8-2/h3-5,8H,7H2,1-2H3/b5-3-,6-4-. The summed E-state index contributed by atoms with van der Waals surface area (Å²) < 4.78 is 0. The van der Waals surface area contributed by atoms with Crippen LogP contribution in [-0.2, 0) is 0 Å². The van der Waals surface area contributed by atoms with Gasteiger partial charge in [0.15, 0.2) is 0 Å². The Morgan fingerprint density at radius 2 is 2.25 bits per heavy atom. The molecule has 0 unspecified atom stereocenters. The summed E-state index contributed by atoms with van der Waals surface area (Å²) in [5, 5.41) is 2.90. The molecule has 0 aromatic heterocycles. The van der Waals surface area contributed by atoms with Crippen LogP contribution >= 0.6 is 0 Å². The minimum atomic E-state index is 1.32. The second-order valence-electron chi connectivity index (χ2n) is 1.89. The van der Waals surface area contributed by atoms with Crippen LogP contribution < -0.4 is 5.32 Å². The fourth-order valence-corrected chi connectivity index (χ4v) is 0.337. The summed E-state index contributed by atoms with van der Waals surface area (Å²) >= 11 is 0. The van der Waals surface area contributed by atoms with Crippen LogP contribution in [0.3, 0.4) is 0 Å². The second-order valence-corrected chi connectivity index (χ2v) is 1.89. The molecule has 0 spiro atoms. The second kappa shape index (κ2) is 4.50. The zero-order valence-electron chi connectivity index (χ0n) is 5.73. The molecule has 0 radical (unpaired) electrons. The Bertz CT molecular complexity index is 101. The van der Waals surface area contributed by atoms with E-state index in [1.54, 1.807) is 0 Å². The van der Waals surface area contributed by atoms with Gasteiger partial charge in [-0.2, -0.15) is 0 Å². The van der Waals surface area contributed by atoms with Crippen molar-refractivity contribution in [2.75, 3.05) is 7.05 Å². The number of hydrogen-bond acceptors (Lipinski definition) is 1. The Morgan fingerprint density at radius 3 is 2.62 bits per heavy atom. The molecule has 44 valence electrons.